The van der Waals surface area contributed by atoms with Gasteiger partial charge < -0.3 is 30.4 Å². The van der Waals surface area contributed by atoms with Crippen molar-refractivity contribution in [1.29, 1.82) is 0 Å². The quantitative estimate of drug-likeness (QED) is 0.312. The number of hydrogen-bond acceptors (Lipinski definition) is 7. The lowest BCUT2D eigenvalue weighted by Gasteiger charge is -2.17. The van der Waals surface area contributed by atoms with E-state index >= 15 is 0 Å². The fourth-order valence-electron chi connectivity index (χ4n) is 4.25. The Kier molecular flexibility index (Phi) is 6.35. The van der Waals surface area contributed by atoms with Gasteiger partial charge in [0.05, 0.1) is 17.6 Å². The number of nitrogens with two attached hydrogens (primary N) is 1. The third-order valence-corrected chi connectivity index (χ3v) is 6.19. The van der Waals surface area contributed by atoms with Crippen molar-refractivity contribution in [1.82, 2.24) is 14.5 Å². The molecular formula is C26H21F3N4O4. The van der Waals surface area contributed by atoms with Crippen LogP contribution in [0.15, 0.2) is 61.1 Å². The highest BCUT2D eigenvalue weighted by Crippen LogP contribution is 2.38. The van der Waals surface area contributed by atoms with Crippen LogP contribution in [0.1, 0.15) is 22.9 Å². The van der Waals surface area contributed by atoms with Gasteiger partial charge in [-0.3, -0.25) is 0 Å². The van der Waals surface area contributed by atoms with Crippen LogP contribution in [0, 0.1) is 11.8 Å². The van der Waals surface area contributed by atoms with E-state index in [2.05, 4.69) is 21.8 Å². The molecule has 8 nitrogen and oxygen atoms in total. The molecule has 1 saturated heterocycles. The Bertz CT molecular complexity index is 1490. The van der Waals surface area contributed by atoms with Crippen molar-refractivity contribution < 1.29 is 33.2 Å². The Hall–Kier alpha value is -3.95. The predicted molar refractivity (Wildman–Crippen MR) is 128 cm³/mol. The monoisotopic (exact) mass is 510 g/mol. The van der Waals surface area contributed by atoms with E-state index in [0.29, 0.717) is 27.7 Å². The molecule has 0 radical (unpaired) electrons. The number of aliphatic hydroxyl groups excluding tert-OH is 3. The molecule has 5 N–H and O–H groups in total. The van der Waals surface area contributed by atoms with Crippen LogP contribution >= 0.6 is 0 Å². The summed E-state index contributed by atoms with van der Waals surface area (Å²) in [5, 5.41) is 30.7. The first-order chi connectivity index (χ1) is 17.7. The molecule has 0 bridgehead atoms. The van der Waals surface area contributed by atoms with Gasteiger partial charge in [0.1, 0.15) is 36.1 Å². The highest BCUT2D eigenvalue weighted by Gasteiger charge is 2.44. The molecule has 2 aromatic carbocycles. The lowest BCUT2D eigenvalue weighted by molar-refractivity contribution is -0.137. The average Bonchev–Trinajstić information content (AvgIpc) is 3.41. The summed E-state index contributed by atoms with van der Waals surface area (Å²) in [6.07, 6.45) is -5.99. The number of nitrogen functional groups attached to an aromatic ring is 1. The first kappa shape index (κ1) is 24.7. The van der Waals surface area contributed by atoms with Gasteiger partial charge in [-0.25, -0.2) is 9.97 Å². The maximum absolute atomic E-state index is 12.7. The third kappa shape index (κ3) is 4.63. The maximum Gasteiger partial charge on any atom is 0.416 e. The second-order valence-electron chi connectivity index (χ2n) is 8.54. The van der Waals surface area contributed by atoms with Crippen LogP contribution in [0.2, 0.25) is 0 Å². The molecule has 2 aromatic heterocycles. The zero-order chi connectivity index (χ0) is 26.3. The summed E-state index contributed by atoms with van der Waals surface area (Å²) in [7, 11) is 0. The standard InChI is InChI=1S/C26H21F3N4O4/c27-26(28,29)17-9-5-15(6-10-17)2-1-14-3-7-16(8-4-14)18-11-33(24-20(18)23(30)31-13-32-24)25-22(36)21(35)19(12-34)37-25/h3-11,13,19,21-22,25,34-36H,12H2,(H2,30,31,32)/t19-,21-,22-,25-/m1/s1. The Balaban J connectivity index is 1.46. The van der Waals surface area contributed by atoms with E-state index in [-0.39, 0.29) is 5.82 Å². The molecule has 4 atom stereocenters. The summed E-state index contributed by atoms with van der Waals surface area (Å²) in [6, 6.07) is 11.7. The summed E-state index contributed by atoms with van der Waals surface area (Å²) >= 11 is 0. The van der Waals surface area contributed by atoms with Gasteiger partial charge in [-0.15, -0.1) is 0 Å². The lowest BCUT2D eigenvalue weighted by atomic mass is 10.0. The number of anilines is 1. The maximum atomic E-state index is 12.7. The molecule has 11 heteroatoms. The Morgan fingerprint density at radius 1 is 0.946 bits per heavy atom. The van der Waals surface area contributed by atoms with E-state index < -0.39 is 42.9 Å². The number of hydrogen-bond donors (Lipinski definition) is 4. The molecule has 0 aliphatic carbocycles. The number of halogens is 3. The summed E-state index contributed by atoms with van der Waals surface area (Å²) in [5.41, 5.74) is 8.26. The first-order valence-corrected chi connectivity index (χ1v) is 11.2. The van der Waals surface area contributed by atoms with Crippen LogP contribution in [0.4, 0.5) is 19.0 Å². The SMILES string of the molecule is Nc1ncnc2c1c(-c1ccc(C#Cc3ccc(C(F)(F)F)cc3)cc1)cn2[C@@H]1O[C@H](CO)[C@@H](O)[C@H]1O. The highest BCUT2D eigenvalue weighted by atomic mass is 19.4. The van der Waals surface area contributed by atoms with Crippen molar-refractivity contribution >= 4 is 16.9 Å². The Morgan fingerprint density at radius 2 is 1.57 bits per heavy atom. The molecule has 3 heterocycles. The van der Waals surface area contributed by atoms with Crippen LogP contribution in [0.5, 0.6) is 0 Å². The smallest absolute Gasteiger partial charge is 0.394 e. The average molecular weight is 510 g/mol. The minimum Gasteiger partial charge on any atom is -0.394 e. The topological polar surface area (TPSA) is 127 Å². The highest BCUT2D eigenvalue weighted by molar-refractivity contribution is 6.00. The first-order valence-electron chi connectivity index (χ1n) is 11.2. The second kappa shape index (κ2) is 9.49. The predicted octanol–water partition coefficient (Wildman–Crippen LogP) is 2.71. The van der Waals surface area contributed by atoms with Crippen LogP contribution < -0.4 is 5.73 Å². The molecule has 5 rings (SSSR count). The van der Waals surface area contributed by atoms with Crippen LogP contribution in [-0.4, -0.2) is 54.8 Å². The van der Waals surface area contributed by atoms with Gasteiger partial charge in [0.15, 0.2) is 6.23 Å². The van der Waals surface area contributed by atoms with Crippen molar-refractivity contribution in [2.24, 2.45) is 0 Å². The summed E-state index contributed by atoms with van der Waals surface area (Å²) in [4.78, 5) is 8.36. The van der Waals surface area contributed by atoms with Crippen molar-refractivity contribution in [3.05, 3.63) is 77.7 Å². The van der Waals surface area contributed by atoms with Gasteiger partial charge in [-0.2, -0.15) is 13.2 Å². The largest absolute Gasteiger partial charge is 0.416 e. The molecule has 1 aliphatic rings. The van der Waals surface area contributed by atoms with Gasteiger partial charge in [0.25, 0.3) is 0 Å². The molecule has 1 aliphatic heterocycles. The third-order valence-electron chi connectivity index (χ3n) is 6.19. The fraction of sp³-hybridized carbons (Fsp3) is 0.231. The molecular weight excluding hydrogens is 489 g/mol. The van der Waals surface area contributed by atoms with Crippen LogP contribution in [0.3, 0.4) is 0 Å². The number of benzene rings is 2. The Labute approximate surface area is 208 Å². The van der Waals surface area contributed by atoms with E-state index in [9.17, 15) is 28.5 Å². The minimum atomic E-state index is -4.40. The number of ether oxygens (including phenoxy) is 1. The molecule has 0 saturated carbocycles. The second-order valence-corrected chi connectivity index (χ2v) is 8.54. The number of aliphatic hydroxyl groups is 3. The molecule has 0 unspecified atom stereocenters. The van der Waals surface area contributed by atoms with Crippen molar-refractivity contribution in [2.75, 3.05) is 12.3 Å². The summed E-state index contributed by atoms with van der Waals surface area (Å²) < 4.78 is 45.4. The van der Waals surface area contributed by atoms with Crippen molar-refractivity contribution in [3.8, 4) is 23.0 Å². The van der Waals surface area contributed by atoms with E-state index in [1.165, 1.54) is 18.5 Å². The van der Waals surface area contributed by atoms with Gasteiger partial charge >= 0.3 is 6.18 Å². The van der Waals surface area contributed by atoms with Crippen molar-refractivity contribution in [3.63, 3.8) is 0 Å². The zero-order valence-corrected chi connectivity index (χ0v) is 19.1. The van der Waals surface area contributed by atoms with Crippen LogP contribution in [0.25, 0.3) is 22.2 Å². The van der Waals surface area contributed by atoms with E-state index in [4.69, 9.17) is 10.5 Å². The van der Waals surface area contributed by atoms with Gasteiger partial charge in [0, 0.05) is 22.9 Å². The molecule has 1 fully saturated rings. The lowest BCUT2D eigenvalue weighted by Crippen LogP contribution is -2.33. The van der Waals surface area contributed by atoms with E-state index in [0.717, 1.165) is 17.7 Å². The normalized spacial score (nSPS) is 21.7. The van der Waals surface area contributed by atoms with Gasteiger partial charge in [0.2, 0.25) is 0 Å². The number of aromatic nitrogens is 3. The van der Waals surface area contributed by atoms with Crippen LogP contribution in [-0.2, 0) is 10.9 Å². The number of fused-ring (bicyclic) bond motifs is 1. The number of rotatable bonds is 3. The summed E-state index contributed by atoms with van der Waals surface area (Å²) in [5.74, 6) is 5.98. The number of alkyl halides is 3. The van der Waals surface area contributed by atoms with Gasteiger partial charge in [-0.1, -0.05) is 24.0 Å². The minimum absolute atomic E-state index is 0.205. The molecule has 4 aromatic rings. The fourth-order valence-corrected chi connectivity index (χ4v) is 4.25. The molecule has 190 valence electrons. The van der Waals surface area contributed by atoms with E-state index in [1.807, 2.05) is 0 Å². The zero-order valence-electron chi connectivity index (χ0n) is 19.1. The summed E-state index contributed by atoms with van der Waals surface area (Å²) in [6.45, 7) is -0.465. The molecule has 0 spiro atoms. The number of nitrogens with zero attached hydrogens (tertiary/aromatic N) is 3. The Morgan fingerprint density at radius 3 is 2.14 bits per heavy atom. The molecule has 37 heavy (non-hydrogen) atoms. The van der Waals surface area contributed by atoms with Crippen molar-refractivity contribution in [2.45, 2.75) is 30.7 Å². The molecule has 0 amide bonds. The van der Waals surface area contributed by atoms with E-state index in [1.54, 1.807) is 35.0 Å². The van der Waals surface area contributed by atoms with Gasteiger partial charge in [-0.05, 0) is 42.0 Å².